The average Bonchev–Trinajstić information content (AvgIpc) is 2.72. The van der Waals surface area contributed by atoms with E-state index in [4.69, 9.17) is 0 Å². The number of rotatable bonds is 6. The molecule has 0 saturated carbocycles. The van der Waals surface area contributed by atoms with Gasteiger partial charge in [0, 0.05) is 56.8 Å². The maximum absolute atomic E-state index is 12.8. The highest BCUT2D eigenvalue weighted by molar-refractivity contribution is 5.81. The Morgan fingerprint density at radius 3 is 2.27 bits per heavy atom. The quantitative estimate of drug-likeness (QED) is 0.773. The molecule has 0 radical (unpaired) electrons. The minimum absolute atomic E-state index is 0.164. The largest absolute Gasteiger partial charge is 0.481 e. The zero-order valence-corrected chi connectivity index (χ0v) is 18.7. The summed E-state index contributed by atoms with van der Waals surface area (Å²) in [4.78, 5) is 31.0. The van der Waals surface area contributed by atoms with Crippen molar-refractivity contribution in [1.29, 1.82) is 0 Å². The van der Waals surface area contributed by atoms with Crippen LogP contribution in [0.2, 0.25) is 0 Å². The number of likely N-dealkylation sites (tertiary alicyclic amines) is 1. The summed E-state index contributed by atoms with van der Waals surface area (Å²) in [6, 6.07) is 10.5. The van der Waals surface area contributed by atoms with Crippen molar-refractivity contribution in [3.8, 4) is 0 Å². The number of hydrogen-bond donors (Lipinski definition) is 1. The maximum atomic E-state index is 12.8. The van der Waals surface area contributed by atoms with Crippen molar-refractivity contribution in [3.63, 3.8) is 0 Å². The number of benzene rings is 1. The molecule has 2 atom stereocenters. The van der Waals surface area contributed by atoms with Gasteiger partial charge in [0.05, 0.1) is 0 Å². The number of aliphatic carboxylic acids is 1. The van der Waals surface area contributed by atoms with E-state index in [1.165, 1.54) is 5.69 Å². The fraction of sp³-hybridized carbons (Fsp3) is 0.667. The van der Waals surface area contributed by atoms with Gasteiger partial charge in [0.1, 0.15) is 0 Å². The summed E-state index contributed by atoms with van der Waals surface area (Å²) >= 11 is 0. The van der Waals surface area contributed by atoms with Gasteiger partial charge in [0.25, 0.3) is 0 Å². The van der Waals surface area contributed by atoms with Gasteiger partial charge in [-0.05, 0) is 43.4 Å². The van der Waals surface area contributed by atoms with Crippen LogP contribution in [-0.2, 0) is 9.59 Å². The summed E-state index contributed by atoms with van der Waals surface area (Å²) in [5.41, 5.74) is 0.889. The molecule has 1 N–H and O–H groups in total. The Bertz CT molecular complexity index is 708. The first kappa shape index (κ1) is 22.6. The first-order chi connectivity index (χ1) is 14.2. The molecule has 2 heterocycles. The smallest absolute Gasteiger partial charge is 0.303 e. The molecule has 2 aliphatic rings. The molecule has 1 aromatic rings. The molecule has 1 amide bonds. The van der Waals surface area contributed by atoms with Gasteiger partial charge in [-0.1, -0.05) is 39.0 Å². The van der Waals surface area contributed by atoms with Crippen LogP contribution in [-0.4, -0.2) is 72.6 Å². The summed E-state index contributed by atoms with van der Waals surface area (Å²) in [6.07, 6.45) is 1.96. The van der Waals surface area contributed by atoms with Gasteiger partial charge in [0.2, 0.25) is 5.91 Å². The molecule has 6 nitrogen and oxygen atoms in total. The highest BCUT2D eigenvalue weighted by Gasteiger charge is 2.36. The fourth-order valence-corrected chi connectivity index (χ4v) is 4.78. The van der Waals surface area contributed by atoms with Crippen LogP contribution in [0.3, 0.4) is 0 Å². The summed E-state index contributed by atoms with van der Waals surface area (Å²) in [5, 5.41) is 9.35. The van der Waals surface area contributed by atoms with E-state index >= 15 is 0 Å². The van der Waals surface area contributed by atoms with Gasteiger partial charge >= 0.3 is 5.97 Å². The van der Waals surface area contributed by atoms with Crippen LogP contribution in [0.25, 0.3) is 0 Å². The molecule has 6 heteroatoms. The van der Waals surface area contributed by atoms with E-state index in [-0.39, 0.29) is 24.2 Å². The molecule has 2 fully saturated rings. The van der Waals surface area contributed by atoms with Crippen molar-refractivity contribution in [2.45, 2.75) is 40.0 Å². The second-order valence-electron chi connectivity index (χ2n) is 9.86. The fourth-order valence-electron chi connectivity index (χ4n) is 4.78. The molecule has 0 aliphatic carbocycles. The van der Waals surface area contributed by atoms with Crippen molar-refractivity contribution < 1.29 is 14.7 Å². The van der Waals surface area contributed by atoms with E-state index in [0.717, 1.165) is 45.6 Å². The molecule has 0 bridgehead atoms. The predicted octanol–water partition coefficient (Wildman–Crippen LogP) is 3.18. The maximum Gasteiger partial charge on any atom is 0.303 e. The molecule has 2 unspecified atom stereocenters. The van der Waals surface area contributed by atoms with Crippen LogP contribution in [0, 0.1) is 17.3 Å². The van der Waals surface area contributed by atoms with Gasteiger partial charge in [-0.3, -0.25) is 14.5 Å². The first-order valence-corrected chi connectivity index (χ1v) is 11.3. The van der Waals surface area contributed by atoms with Crippen molar-refractivity contribution in [1.82, 2.24) is 9.80 Å². The lowest BCUT2D eigenvalue weighted by atomic mass is 9.80. The number of amides is 1. The van der Waals surface area contributed by atoms with E-state index in [9.17, 15) is 14.7 Å². The minimum Gasteiger partial charge on any atom is -0.481 e. The number of carbonyl (C=O) groups is 2. The van der Waals surface area contributed by atoms with Crippen molar-refractivity contribution in [2.75, 3.05) is 50.7 Å². The van der Waals surface area contributed by atoms with Gasteiger partial charge in [0.15, 0.2) is 0 Å². The van der Waals surface area contributed by atoms with Gasteiger partial charge in [-0.15, -0.1) is 0 Å². The number of carboxylic acid groups (broad SMARTS) is 1. The molecule has 2 saturated heterocycles. The van der Waals surface area contributed by atoms with Crippen molar-refractivity contribution in [3.05, 3.63) is 30.3 Å². The second-order valence-corrected chi connectivity index (χ2v) is 9.86. The van der Waals surface area contributed by atoms with Crippen LogP contribution in [0.15, 0.2) is 30.3 Å². The van der Waals surface area contributed by atoms with Crippen LogP contribution >= 0.6 is 0 Å². The van der Waals surface area contributed by atoms with Crippen LogP contribution in [0.5, 0.6) is 0 Å². The van der Waals surface area contributed by atoms with Gasteiger partial charge in [-0.2, -0.15) is 0 Å². The topological polar surface area (TPSA) is 64.1 Å². The Kier molecular flexibility index (Phi) is 7.40. The highest BCUT2D eigenvalue weighted by atomic mass is 16.4. The second kappa shape index (κ2) is 9.82. The SMILES string of the molecule is CC(C)(C)C(=O)N1CCC(CC(=O)O)C(CCN2CCN(c3ccccc3)CC2)C1. The zero-order valence-electron chi connectivity index (χ0n) is 18.7. The standard InChI is InChI=1S/C24H37N3O3/c1-24(2,3)23(30)27-12-10-19(17-22(28)29)20(18-27)9-11-25-13-15-26(16-14-25)21-7-5-4-6-8-21/h4-8,19-20H,9-18H2,1-3H3,(H,28,29). The number of piperazine rings is 1. The summed E-state index contributed by atoms with van der Waals surface area (Å²) in [6.45, 7) is 12.3. The first-order valence-electron chi connectivity index (χ1n) is 11.3. The molecule has 2 aliphatic heterocycles. The Morgan fingerprint density at radius 2 is 1.67 bits per heavy atom. The number of hydrogen-bond acceptors (Lipinski definition) is 4. The number of para-hydroxylation sites is 1. The molecular weight excluding hydrogens is 378 g/mol. The highest BCUT2D eigenvalue weighted by Crippen LogP contribution is 2.32. The molecule has 0 spiro atoms. The molecule has 1 aromatic carbocycles. The van der Waals surface area contributed by atoms with Gasteiger partial charge < -0.3 is 14.9 Å². The van der Waals surface area contributed by atoms with Crippen molar-refractivity contribution >= 4 is 17.6 Å². The lowest BCUT2D eigenvalue weighted by Crippen LogP contribution is -2.50. The van der Waals surface area contributed by atoms with Crippen molar-refractivity contribution in [2.24, 2.45) is 17.3 Å². The molecule has 30 heavy (non-hydrogen) atoms. The monoisotopic (exact) mass is 415 g/mol. The van der Waals surface area contributed by atoms with E-state index in [0.29, 0.717) is 13.1 Å². The van der Waals surface area contributed by atoms with E-state index in [2.05, 4.69) is 34.1 Å². The summed E-state index contributed by atoms with van der Waals surface area (Å²) in [7, 11) is 0. The lowest BCUT2D eigenvalue weighted by molar-refractivity contribution is -0.143. The summed E-state index contributed by atoms with van der Waals surface area (Å²) < 4.78 is 0. The molecule has 0 aromatic heterocycles. The molecular formula is C24H37N3O3. The van der Waals surface area contributed by atoms with Crippen LogP contribution in [0.1, 0.15) is 40.0 Å². The predicted molar refractivity (Wildman–Crippen MR) is 120 cm³/mol. The van der Waals surface area contributed by atoms with Gasteiger partial charge in [-0.25, -0.2) is 0 Å². The Morgan fingerprint density at radius 1 is 1.00 bits per heavy atom. The van der Waals surface area contributed by atoms with E-state index < -0.39 is 11.4 Å². The average molecular weight is 416 g/mol. The normalized spacial score (nSPS) is 23.4. The third-order valence-electron chi connectivity index (χ3n) is 6.57. The third kappa shape index (κ3) is 5.97. The van der Waals surface area contributed by atoms with Crippen LogP contribution < -0.4 is 4.90 Å². The van der Waals surface area contributed by atoms with E-state index in [1.54, 1.807) is 0 Å². The van der Waals surface area contributed by atoms with Crippen LogP contribution in [0.4, 0.5) is 5.69 Å². The minimum atomic E-state index is -0.725. The Balaban J connectivity index is 1.54. The number of anilines is 1. The lowest BCUT2D eigenvalue weighted by Gasteiger charge is -2.42. The third-order valence-corrected chi connectivity index (χ3v) is 6.57. The number of carboxylic acids is 1. The number of carbonyl (C=O) groups excluding carboxylic acids is 1. The Hall–Kier alpha value is -2.08. The number of piperidine rings is 1. The zero-order chi connectivity index (χ0) is 21.7. The Labute approximate surface area is 180 Å². The van der Waals surface area contributed by atoms with E-state index in [1.807, 2.05) is 31.7 Å². The summed E-state index contributed by atoms with van der Waals surface area (Å²) in [5.74, 6) is -0.125. The molecule has 166 valence electrons. The number of nitrogens with zero attached hydrogens (tertiary/aromatic N) is 3. The molecule has 3 rings (SSSR count).